The minimum atomic E-state index is -0.949. The Bertz CT molecular complexity index is 382. The van der Waals surface area contributed by atoms with Crippen LogP contribution in [0, 0.1) is 0 Å². The van der Waals surface area contributed by atoms with E-state index in [1.54, 1.807) is 7.05 Å². The average Bonchev–Trinajstić information content (AvgIpc) is 2.69. The maximum absolute atomic E-state index is 12.3. The first-order valence-electron chi connectivity index (χ1n) is 6.31. The van der Waals surface area contributed by atoms with Crippen molar-refractivity contribution in [2.45, 2.75) is 44.2 Å². The van der Waals surface area contributed by atoms with Crippen molar-refractivity contribution in [3.63, 3.8) is 0 Å². The Morgan fingerprint density at radius 3 is 2.50 bits per heavy atom. The number of nitrogens with zero attached hydrogens (tertiary/aromatic N) is 2. The van der Waals surface area contributed by atoms with Crippen LogP contribution in [0.15, 0.2) is 0 Å². The molecule has 6 heteroatoms. The SMILES string of the molecule is CN1C(=O)CCC1C(=O)N1CCCCC1C(=O)O. The number of carbonyl (C=O) groups is 3. The summed E-state index contributed by atoms with van der Waals surface area (Å²) in [6.07, 6.45) is 3.04. The summed E-state index contributed by atoms with van der Waals surface area (Å²) >= 11 is 0. The molecule has 2 atom stereocenters. The minimum absolute atomic E-state index is 0.0442. The quantitative estimate of drug-likeness (QED) is 0.756. The lowest BCUT2D eigenvalue weighted by atomic mass is 10.0. The first kappa shape index (κ1) is 12.9. The van der Waals surface area contributed by atoms with Gasteiger partial charge in [0.25, 0.3) is 0 Å². The Labute approximate surface area is 106 Å². The maximum Gasteiger partial charge on any atom is 0.326 e. The number of rotatable bonds is 2. The van der Waals surface area contributed by atoms with E-state index in [1.165, 1.54) is 9.80 Å². The number of likely N-dealkylation sites (tertiary alicyclic amines) is 2. The summed E-state index contributed by atoms with van der Waals surface area (Å²) in [4.78, 5) is 37.8. The van der Waals surface area contributed by atoms with Crippen molar-refractivity contribution in [1.29, 1.82) is 0 Å². The molecule has 2 aliphatic heterocycles. The van der Waals surface area contributed by atoms with Gasteiger partial charge < -0.3 is 14.9 Å². The van der Waals surface area contributed by atoms with Crippen molar-refractivity contribution in [1.82, 2.24) is 9.80 Å². The van der Waals surface area contributed by atoms with Crippen molar-refractivity contribution in [2.75, 3.05) is 13.6 Å². The summed E-state index contributed by atoms with van der Waals surface area (Å²) < 4.78 is 0. The topological polar surface area (TPSA) is 77.9 Å². The van der Waals surface area contributed by atoms with Crippen LogP contribution in [0.25, 0.3) is 0 Å². The molecule has 2 heterocycles. The smallest absolute Gasteiger partial charge is 0.326 e. The lowest BCUT2D eigenvalue weighted by molar-refractivity contribution is -0.154. The lowest BCUT2D eigenvalue weighted by Gasteiger charge is -2.35. The summed E-state index contributed by atoms with van der Waals surface area (Å²) in [5, 5.41) is 9.14. The van der Waals surface area contributed by atoms with Crippen LogP contribution in [-0.4, -0.2) is 58.4 Å². The highest BCUT2D eigenvalue weighted by atomic mass is 16.4. The van der Waals surface area contributed by atoms with E-state index < -0.39 is 18.1 Å². The van der Waals surface area contributed by atoms with Gasteiger partial charge >= 0.3 is 5.97 Å². The molecule has 0 aromatic rings. The van der Waals surface area contributed by atoms with Crippen molar-refractivity contribution in [3.05, 3.63) is 0 Å². The van der Waals surface area contributed by atoms with Gasteiger partial charge in [-0.3, -0.25) is 9.59 Å². The molecule has 0 bridgehead atoms. The van der Waals surface area contributed by atoms with Gasteiger partial charge in [0.05, 0.1) is 0 Å². The zero-order valence-corrected chi connectivity index (χ0v) is 10.5. The molecule has 2 saturated heterocycles. The largest absolute Gasteiger partial charge is 0.480 e. The van der Waals surface area contributed by atoms with Gasteiger partial charge in [0, 0.05) is 20.0 Å². The number of hydrogen-bond donors (Lipinski definition) is 1. The van der Waals surface area contributed by atoms with Gasteiger partial charge in [0.2, 0.25) is 11.8 Å². The van der Waals surface area contributed by atoms with Gasteiger partial charge in [-0.1, -0.05) is 0 Å². The molecular formula is C12H18N2O4. The summed E-state index contributed by atoms with van der Waals surface area (Å²) in [5.74, 6) is -1.21. The molecule has 2 amide bonds. The van der Waals surface area contributed by atoms with Gasteiger partial charge in [-0.05, 0) is 25.7 Å². The highest BCUT2D eigenvalue weighted by Gasteiger charge is 2.40. The minimum Gasteiger partial charge on any atom is -0.480 e. The van der Waals surface area contributed by atoms with E-state index in [2.05, 4.69) is 0 Å². The van der Waals surface area contributed by atoms with Crippen molar-refractivity contribution in [3.8, 4) is 0 Å². The van der Waals surface area contributed by atoms with Gasteiger partial charge in [0.15, 0.2) is 0 Å². The number of carboxylic acid groups (broad SMARTS) is 1. The Morgan fingerprint density at radius 1 is 1.22 bits per heavy atom. The Morgan fingerprint density at radius 2 is 1.94 bits per heavy atom. The van der Waals surface area contributed by atoms with E-state index in [1.807, 2.05) is 0 Å². The van der Waals surface area contributed by atoms with Crippen LogP contribution in [0.4, 0.5) is 0 Å². The zero-order chi connectivity index (χ0) is 13.3. The predicted octanol–water partition coefficient (Wildman–Crippen LogP) is 0.0729. The molecule has 1 N–H and O–H groups in total. The second-order valence-corrected chi connectivity index (χ2v) is 4.94. The number of amides is 2. The summed E-state index contributed by atoms with van der Waals surface area (Å²) in [7, 11) is 1.61. The van der Waals surface area contributed by atoms with E-state index in [9.17, 15) is 14.4 Å². The highest BCUT2D eigenvalue weighted by Crippen LogP contribution is 2.23. The normalized spacial score (nSPS) is 28.6. The predicted molar refractivity (Wildman–Crippen MR) is 62.8 cm³/mol. The third-order valence-corrected chi connectivity index (χ3v) is 3.85. The number of carboxylic acids is 1. The molecule has 2 aliphatic rings. The second kappa shape index (κ2) is 4.96. The molecule has 0 saturated carbocycles. The Kier molecular flexibility index (Phi) is 3.54. The molecule has 2 unspecified atom stereocenters. The van der Waals surface area contributed by atoms with Gasteiger partial charge in [0.1, 0.15) is 12.1 Å². The molecule has 0 spiro atoms. The van der Waals surface area contributed by atoms with Crippen LogP contribution in [0.5, 0.6) is 0 Å². The number of likely N-dealkylation sites (N-methyl/N-ethyl adjacent to an activating group) is 1. The van der Waals surface area contributed by atoms with E-state index in [0.29, 0.717) is 25.8 Å². The number of piperidine rings is 1. The van der Waals surface area contributed by atoms with Crippen LogP contribution < -0.4 is 0 Å². The van der Waals surface area contributed by atoms with Crippen LogP contribution >= 0.6 is 0 Å². The van der Waals surface area contributed by atoms with Crippen molar-refractivity contribution < 1.29 is 19.5 Å². The Balaban J connectivity index is 2.11. The molecule has 2 fully saturated rings. The molecule has 2 rings (SSSR count). The van der Waals surface area contributed by atoms with Gasteiger partial charge in [-0.25, -0.2) is 4.79 Å². The maximum atomic E-state index is 12.3. The fourth-order valence-electron chi connectivity index (χ4n) is 2.74. The third kappa shape index (κ3) is 2.19. The first-order valence-corrected chi connectivity index (χ1v) is 6.31. The fraction of sp³-hybridized carbons (Fsp3) is 0.750. The average molecular weight is 254 g/mol. The van der Waals surface area contributed by atoms with E-state index in [4.69, 9.17) is 5.11 Å². The van der Waals surface area contributed by atoms with Crippen molar-refractivity contribution in [2.24, 2.45) is 0 Å². The number of hydrogen-bond acceptors (Lipinski definition) is 3. The summed E-state index contributed by atoms with van der Waals surface area (Å²) in [6, 6.07) is -1.20. The lowest BCUT2D eigenvalue weighted by Crippen LogP contribution is -2.53. The van der Waals surface area contributed by atoms with Crippen LogP contribution in [0.1, 0.15) is 32.1 Å². The standard InChI is InChI=1S/C12H18N2O4/c1-13-8(5-6-10(13)15)11(16)14-7-3-2-4-9(14)12(17)18/h8-9H,2-7H2,1H3,(H,17,18). The molecule has 0 aromatic heterocycles. The van der Waals surface area contributed by atoms with E-state index in [-0.39, 0.29) is 11.8 Å². The van der Waals surface area contributed by atoms with E-state index in [0.717, 1.165) is 12.8 Å². The highest BCUT2D eigenvalue weighted by molar-refractivity contribution is 5.92. The molecule has 0 aromatic carbocycles. The fourth-order valence-corrected chi connectivity index (χ4v) is 2.74. The van der Waals surface area contributed by atoms with Crippen LogP contribution in [0.3, 0.4) is 0 Å². The Hall–Kier alpha value is -1.59. The van der Waals surface area contributed by atoms with Gasteiger partial charge in [-0.2, -0.15) is 0 Å². The zero-order valence-electron chi connectivity index (χ0n) is 10.5. The summed E-state index contributed by atoms with van der Waals surface area (Å²) in [6.45, 7) is 0.480. The molecule has 0 aliphatic carbocycles. The van der Waals surface area contributed by atoms with Crippen LogP contribution in [-0.2, 0) is 14.4 Å². The monoisotopic (exact) mass is 254 g/mol. The molecule has 18 heavy (non-hydrogen) atoms. The molecular weight excluding hydrogens is 236 g/mol. The second-order valence-electron chi connectivity index (χ2n) is 4.94. The van der Waals surface area contributed by atoms with Gasteiger partial charge in [-0.15, -0.1) is 0 Å². The molecule has 100 valence electrons. The first-order chi connectivity index (χ1) is 8.52. The number of carbonyl (C=O) groups excluding carboxylic acids is 2. The van der Waals surface area contributed by atoms with Crippen LogP contribution in [0.2, 0.25) is 0 Å². The molecule has 6 nitrogen and oxygen atoms in total. The van der Waals surface area contributed by atoms with Crippen molar-refractivity contribution >= 4 is 17.8 Å². The third-order valence-electron chi connectivity index (χ3n) is 3.85. The summed E-state index contributed by atoms with van der Waals surface area (Å²) in [5.41, 5.74) is 0. The van der Waals surface area contributed by atoms with E-state index >= 15 is 0 Å². The molecule has 0 radical (unpaired) electrons. The number of aliphatic carboxylic acids is 1.